The molecular formula is C12H23NO. The molecule has 0 aromatic rings. The van der Waals surface area contributed by atoms with E-state index in [1.807, 2.05) is 0 Å². The Morgan fingerprint density at radius 2 is 1.86 bits per heavy atom. The van der Waals surface area contributed by atoms with Crippen molar-refractivity contribution in [2.45, 2.75) is 57.6 Å². The zero-order valence-corrected chi connectivity index (χ0v) is 9.73. The molecule has 2 aliphatic rings. The van der Waals surface area contributed by atoms with Crippen molar-refractivity contribution in [1.82, 2.24) is 5.32 Å². The van der Waals surface area contributed by atoms with Crippen molar-refractivity contribution in [3.63, 3.8) is 0 Å². The Bertz CT molecular complexity index is 192. The average Bonchev–Trinajstić information content (AvgIpc) is 2.16. The van der Waals surface area contributed by atoms with Gasteiger partial charge in [-0.15, -0.1) is 0 Å². The number of morpholine rings is 1. The molecule has 1 heterocycles. The van der Waals surface area contributed by atoms with Crippen molar-refractivity contribution < 1.29 is 4.74 Å². The highest BCUT2D eigenvalue weighted by atomic mass is 16.5. The number of ether oxygens (including phenoxy) is 1. The third kappa shape index (κ3) is 2.12. The van der Waals surface area contributed by atoms with Crippen LogP contribution in [-0.2, 0) is 4.74 Å². The maximum Gasteiger partial charge on any atom is 0.0751 e. The minimum atomic E-state index is 0.0360. The van der Waals surface area contributed by atoms with E-state index in [-0.39, 0.29) is 5.60 Å². The van der Waals surface area contributed by atoms with E-state index < -0.39 is 0 Å². The van der Waals surface area contributed by atoms with Gasteiger partial charge in [-0.1, -0.05) is 6.92 Å². The summed E-state index contributed by atoms with van der Waals surface area (Å²) in [5.74, 6) is 0.914. The maximum atomic E-state index is 5.93. The molecule has 1 aliphatic carbocycles. The molecule has 1 aliphatic heterocycles. The van der Waals surface area contributed by atoms with Crippen molar-refractivity contribution in [3.05, 3.63) is 0 Å². The molecule has 2 nitrogen and oxygen atoms in total. The molecule has 0 amide bonds. The molecule has 0 unspecified atom stereocenters. The molecule has 0 radical (unpaired) electrons. The van der Waals surface area contributed by atoms with Crippen LogP contribution in [0.5, 0.6) is 0 Å². The molecule has 0 atom stereocenters. The van der Waals surface area contributed by atoms with Crippen molar-refractivity contribution in [3.8, 4) is 0 Å². The zero-order chi connectivity index (χ0) is 10.2. The molecule has 2 fully saturated rings. The smallest absolute Gasteiger partial charge is 0.0751 e. The van der Waals surface area contributed by atoms with Gasteiger partial charge in [0.2, 0.25) is 0 Å². The zero-order valence-electron chi connectivity index (χ0n) is 9.73. The summed E-state index contributed by atoms with van der Waals surface area (Å²) in [5.41, 5.74) is 0.357. The highest BCUT2D eigenvalue weighted by molar-refractivity contribution is 4.97. The highest BCUT2D eigenvalue weighted by Gasteiger charge is 2.40. The minimum absolute atomic E-state index is 0.0360. The largest absolute Gasteiger partial charge is 0.372 e. The van der Waals surface area contributed by atoms with Gasteiger partial charge in [0.05, 0.1) is 12.2 Å². The van der Waals surface area contributed by atoms with E-state index in [9.17, 15) is 0 Å². The van der Waals surface area contributed by atoms with Crippen LogP contribution in [0.25, 0.3) is 0 Å². The Morgan fingerprint density at radius 3 is 2.36 bits per heavy atom. The first-order valence-corrected chi connectivity index (χ1v) is 5.90. The van der Waals surface area contributed by atoms with Gasteiger partial charge in [-0.2, -0.15) is 0 Å². The van der Waals surface area contributed by atoms with Crippen LogP contribution in [0.2, 0.25) is 0 Å². The van der Waals surface area contributed by atoms with Gasteiger partial charge in [0.15, 0.2) is 0 Å². The fourth-order valence-corrected chi connectivity index (χ4v) is 2.47. The van der Waals surface area contributed by atoms with Crippen LogP contribution < -0.4 is 5.32 Å². The predicted octanol–water partition coefficient (Wildman–Crippen LogP) is 2.33. The molecule has 0 aromatic carbocycles. The number of hydrogen-bond acceptors (Lipinski definition) is 2. The Morgan fingerprint density at radius 1 is 1.21 bits per heavy atom. The normalized spacial score (nSPS) is 42.6. The predicted molar refractivity (Wildman–Crippen MR) is 58.4 cm³/mol. The molecule has 1 saturated carbocycles. The highest BCUT2D eigenvalue weighted by Crippen LogP contribution is 2.35. The van der Waals surface area contributed by atoms with E-state index in [1.165, 1.54) is 25.7 Å². The van der Waals surface area contributed by atoms with E-state index in [2.05, 4.69) is 26.1 Å². The molecule has 2 rings (SSSR count). The van der Waals surface area contributed by atoms with Crippen LogP contribution in [0.4, 0.5) is 0 Å². The lowest BCUT2D eigenvalue weighted by atomic mass is 9.76. The van der Waals surface area contributed by atoms with Gasteiger partial charge in [0.25, 0.3) is 0 Å². The summed E-state index contributed by atoms with van der Waals surface area (Å²) in [6.45, 7) is 8.60. The summed E-state index contributed by atoms with van der Waals surface area (Å²) in [4.78, 5) is 0. The first-order chi connectivity index (χ1) is 6.52. The van der Waals surface area contributed by atoms with Gasteiger partial charge < -0.3 is 10.1 Å². The fraction of sp³-hybridized carbons (Fsp3) is 1.00. The fourth-order valence-electron chi connectivity index (χ4n) is 2.47. The van der Waals surface area contributed by atoms with Gasteiger partial charge in [0, 0.05) is 12.1 Å². The standard InChI is InChI=1S/C12H23NO/c1-10-4-6-12(7-5-10)9-14-11(2,3)8-13-12/h10,13H,4-9H2,1-3H3. The van der Waals surface area contributed by atoms with Gasteiger partial charge >= 0.3 is 0 Å². The summed E-state index contributed by atoms with van der Waals surface area (Å²) in [5, 5.41) is 3.72. The quantitative estimate of drug-likeness (QED) is 0.643. The monoisotopic (exact) mass is 197 g/mol. The van der Waals surface area contributed by atoms with Crippen molar-refractivity contribution in [1.29, 1.82) is 0 Å². The third-order valence-corrected chi connectivity index (χ3v) is 3.86. The van der Waals surface area contributed by atoms with Crippen molar-refractivity contribution in [2.24, 2.45) is 5.92 Å². The Balaban J connectivity index is 1.93. The Labute approximate surface area is 87.4 Å². The Hall–Kier alpha value is -0.0800. The summed E-state index contributed by atoms with van der Waals surface area (Å²) in [7, 11) is 0. The molecule has 0 aromatic heterocycles. The van der Waals surface area contributed by atoms with E-state index in [0.29, 0.717) is 5.54 Å². The van der Waals surface area contributed by atoms with E-state index in [0.717, 1.165) is 19.1 Å². The molecule has 2 heteroatoms. The second-order valence-corrected chi connectivity index (χ2v) is 5.86. The maximum absolute atomic E-state index is 5.93. The lowest BCUT2D eigenvalue weighted by Crippen LogP contribution is -2.61. The van der Waals surface area contributed by atoms with Gasteiger partial charge in [-0.05, 0) is 45.4 Å². The molecule has 1 saturated heterocycles. The summed E-state index contributed by atoms with van der Waals surface area (Å²) in [6.07, 6.45) is 5.31. The first kappa shape index (κ1) is 10.4. The minimum Gasteiger partial charge on any atom is -0.372 e. The molecule has 82 valence electrons. The molecular weight excluding hydrogens is 174 g/mol. The van der Waals surface area contributed by atoms with Crippen LogP contribution in [0.1, 0.15) is 46.5 Å². The number of nitrogens with one attached hydrogen (secondary N) is 1. The molecule has 0 bridgehead atoms. The summed E-state index contributed by atoms with van der Waals surface area (Å²) < 4.78 is 5.93. The van der Waals surface area contributed by atoms with Crippen LogP contribution >= 0.6 is 0 Å². The van der Waals surface area contributed by atoms with Crippen LogP contribution in [0.3, 0.4) is 0 Å². The van der Waals surface area contributed by atoms with E-state index in [4.69, 9.17) is 4.74 Å². The van der Waals surface area contributed by atoms with E-state index >= 15 is 0 Å². The topological polar surface area (TPSA) is 21.3 Å². The van der Waals surface area contributed by atoms with Gasteiger partial charge in [0.1, 0.15) is 0 Å². The lowest BCUT2D eigenvalue weighted by Gasteiger charge is -2.47. The van der Waals surface area contributed by atoms with Crippen molar-refractivity contribution >= 4 is 0 Å². The van der Waals surface area contributed by atoms with Crippen LogP contribution in [0.15, 0.2) is 0 Å². The first-order valence-electron chi connectivity index (χ1n) is 5.90. The van der Waals surface area contributed by atoms with E-state index in [1.54, 1.807) is 0 Å². The second-order valence-electron chi connectivity index (χ2n) is 5.86. The van der Waals surface area contributed by atoms with Gasteiger partial charge in [-0.25, -0.2) is 0 Å². The molecule has 14 heavy (non-hydrogen) atoms. The van der Waals surface area contributed by atoms with Crippen LogP contribution in [-0.4, -0.2) is 24.3 Å². The number of hydrogen-bond donors (Lipinski definition) is 1. The van der Waals surface area contributed by atoms with Crippen molar-refractivity contribution in [2.75, 3.05) is 13.2 Å². The molecule has 1 N–H and O–H groups in total. The molecule has 1 spiro atoms. The lowest BCUT2D eigenvalue weighted by molar-refractivity contribution is -0.0979. The third-order valence-electron chi connectivity index (χ3n) is 3.86. The number of rotatable bonds is 0. The second kappa shape index (κ2) is 3.49. The summed E-state index contributed by atoms with van der Waals surface area (Å²) >= 11 is 0. The average molecular weight is 197 g/mol. The van der Waals surface area contributed by atoms with Crippen LogP contribution in [0, 0.1) is 5.92 Å². The summed E-state index contributed by atoms with van der Waals surface area (Å²) in [6, 6.07) is 0. The van der Waals surface area contributed by atoms with Gasteiger partial charge in [-0.3, -0.25) is 0 Å². The Kier molecular flexibility index (Phi) is 2.61. The SMILES string of the molecule is CC1CCC2(CC1)COC(C)(C)CN2.